The van der Waals surface area contributed by atoms with E-state index in [9.17, 15) is 4.79 Å². The number of amides is 1. The zero-order valence-corrected chi connectivity index (χ0v) is 19.8. The molecule has 0 fully saturated rings. The van der Waals surface area contributed by atoms with Crippen molar-refractivity contribution in [3.8, 4) is 11.4 Å². The zero-order valence-electron chi connectivity index (χ0n) is 17.4. The summed E-state index contributed by atoms with van der Waals surface area (Å²) in [5, 5.41) is 13.3. The quantitative estimate of drug-likeness (QED) is 0.306. The van der Waals surface area contributed by atoms with Crippen molar-refractivity contribution in [3.63, 3.8) is 0 Å². The van der Waals surface area contributed by atoms with Crippen LogP contribution < -0.4 is 10.1 Å². The molecule has 6 nitrogen and oxygen atoms in total. The lowest BCUT2D eigenvalue weighted by Crippen LogP contribution is -2.24. The lowest BCUT2D eigenvalue weighted by atomic mass is 10.2. The highest BCUT2D eigenvalue weighted by atomic mass is 35.5. The van der Waals surface area contributed by atoms with Gasteiger partial charge in [0.05, 0.1) is 10.8 Å². The molecule has 0 radical (unpaired) electrons. The summed E-state index contributed by atoms with van der Waals surface area (Å²) < 4.78 is 7.75. The average molecular weight is 499 g/mol. The van der Waals surface area contributed by atoms with Gasteiger partial charge in [-0.1, -0.05) is 77.4 Å². The van der Waals surface area contributed by atoms with Gasteiger partial charge in [-0.05, 0) is 42.0 Å². The van der Waals surface area contributed by atoms with Crippen molar-refractivity contribution < 1.29 is 9.53 Å². The van der Waals surface area contributed by atoms with Gasteiger partial charge < -0.3 is 10.1 Å². The third kappa shape index (κ3) is 6.28. The van der Waals surface area contributed by atoms with Crippen LogP contribution in [-0.2, 0) is 17.9 Å². The van der Waals surface area contributed by atoms with Crippen molar-refractivity contribution in [3.05, 3.63) is 100 Å². The van der Waals surface area contributed by atoms with Crippen LogP contribution in [0.15, 0.2) is 84.0 Å². The third-order valence-electron chi connectivity index (χ3n) is 4.64. The summed E-state index contributed by atoms with van der Waals surface area (Å²) in [4.78, 5) is 12.4. The number of para-hydroxylation sites is 2. The van der Waals surface area contributed by atoms with Crippen molar-refractivity contribution in [2.75, 3.05) is 5.75 Å². The molecule has 0 aliphatic heterocycles. The fourth-order valence-electron chi connectivity index (χ4n) is 3.01. The van der Waals surface area contributed by atoms with Gasteiger partial charge in [-0.2, -0.15) is 0 Å². The van der Waals surface area contributed by atoms with Gasteiger partial charge in [-0.15, -0.1) is 10.2 Å². The van der Waals surface area contributed by atoms with Crippen LogP contribution in [0.2, 0.25) is 10.0 Å². The molecule has 0 saturated heterocycles. The van der Waals surface area contributed by atoms with Crippen LogP contribution in [0.1, 0.15) is 11.4 Å². The molecule has 4 aromatic rings. The molecule has 0 bridgehead atoms. The van der Waals surface area contributed by atoms with E-state index in [1.165, 1.54) is 11.8 Å². The number of carbonyl (C=O) groups excluding carboxylic acids is 1. The summed E-state index contributed by atoms with van der Waals surface area (Å²) in [5.74, 6) is 1.26. The molecule has 9 heteroatoms. The number of carbonyl (C=O) groups is 1. The Balaban J connectivity index is 1.44. The summed E-state index contributed by atoms with van der Waals surface area (Å²) in [6.45, 7) is 0.605. The van der Waals surface area contributed by atoms with E-state index in [4.69, 9.17) is 27.9 Å². The van der Waals surface area contributed by atoms with Crippen molar-refractivity contribution in [2.24, 2.45) is 0 Å². The lowest BCUT2D eigenvalue weighted by Gasteiger charge is -2.12. The Hall–Kier alpha value is -3.00. The summed E-state index contributed by atoms with van der Waals surface area (Å²) in [6, 6.07) is 24.3. The van der Waals surface area contributed by atoms with Crippen LogP contribution in [0, 0.1) is 0 Å². The van der Waals surface area contributed by atoms with E-state index in [-0.39, 0.29) is 18.3 Å². The Morgan fingerprint density at radius 3 is 2.42 bits per heavy atom. The third-order valence-corrected chi connectivity index (χ3v) is 6.14. The van der Waals surface area contributed by atoms with E-state index in [1.807, 2.05) is 59.2 Å². The summed E-state index contributed by atoms with van der Waals surface area (Å²) in [6.07, 6.45) is 0. The highest BCUT2D eigenvalue weighted by Gasteiger charge is 2.17. The number of halogens is 2. The Kier molecular flexibility index (Phi) is 7.88. The van der Waals surface area contributed by atoms with Gasteiger partial charge >= 0.3 is 0 Å². The predicted molar refractivity (Wildman–Crippen MR) is 131 cm³/mol. The normalized spacial score (nSPS) is 10.7. The SMILES string of the molecule is O=C(CSc1nnc(COc2ccccc2Cl)n1-c1ccccc1)NCc1ccc(Cl)cc1. The highest BCUT2D eigenvalue weighted by Crippen LogP contribution is 2.26. The lowest BCUT2D eigenvalue weighted by molar-refractivity contribution is -0.118. The molecule has 4 rings (SSSR count). The fraction of sp³-hybridized carbons (Fsp3) is 0.125. The smallest absolute Gasteiger partial charge is 0.230 e. The minimum absolute atomic E-state index is 0.105. The van der Waals surface area contributed by atoms with Crippen LogP contribution in [0.4, 0.5) is 0 Å². The molecule has 1 amide bonds. The largest absolute Gasteiger partial charge is 0.484 e. The maximum Gasteiger partial charge on any atom is 0.230 e. The number of nitrogens with one attached hydrogen (secondary N) is 1. The van der Waals surface area contributed by atoms with E-state index in [2.05, 4.69) is 15.5 Å². The molecule has 3 aromatic carbocycles. The van der Waals surface area contributed by atoms with Gasteiger partial charge in [0.15, 0.2) is 11.0 Å². The Morgan fingerprint density at radius 2 is 1.67 bits per heavy atom. The number of ether oxygens (including phenoxy) is 1. The second kappa shape index (κ2) is 11.2. The molecular weight excluding hydrogens is 479 g/mol. The minimum atomic E-state index is -0.105. The molecule has 0 spiro atoms. The Morgan fingerprint density at radius 1 is 0.939 bits per heavy atom. The Bertz CT molecular complexity index is 1220. The van der Waals surface area contributed by atoms with E-state index in [0.717, 1.165) is 11.3 Å². The number of rotatable bonds is 9. The van der Waals surface area contributed by atoms with E-state index in [0.29, 0.717) is 33.3 Å². The standard InChI is InChI=1S/C24H20Cl2N4O2S/c25-18-12-10-17(11-13-18)14-27-23(31)16-33-24-29-28-22(30(24)19-6-2-1-3-7-19)15-32-21-9-5-4-8-20(21)26/h1-13H,14-16H2,(H,27,31). The van der Waals surface area contributed by atoms with Crippen molar-refractivity contribution >= 4 is 40.9 Å². The number of thioether (sulfide) groups is 1. The number of hydrogen-bond acceptors (Lipinski definition) is 5. The monoisotopic (exact) mass is 498 g/mol. The first kappa shape index (κ1) is 23.2. The number of hydrogen-bond donors (Lipinski definition) is 1. The maximum atomic E-state index is 12.4. The van der Waals surface area contributed by atoms with Crippen molar-refractivity contribution in [1.82, 2.24) is 20.1 Å². The molecular formula is C24H20Cl2N4O2S. The second-order valence-electron chi connectivity index (χ2n) is 6.98. The maximum absolute atomic E-state index is 12.4. The van der Waals surface area contributed by atoms with E-state index >= 15 is 0 Å². The molecule has 0 aliphatic rings. The van der Waals surface area contributed by atoms with Gasteiger partial charge in [-0.3, -0.25) is 9.36 Å². The average Bonchev–Trinajstić information content (AvgIpc) is 3.25. The van der Waals surface area contributed by atoms with Gasteiger partial charge in [0.1, 0.15) is 12.4 Å². The van der Waals surface area contributed by atoms with Gasteiger partial charge in [0.25, 0.3) is 0 Å². The molecule has 0 atom stereocenters. The van der Waals surface area contributed by atoms with Crippen LogP contribution in [0.3, 0.4) is 0 Å². The summed E-state index contributed by atoms with van der Waals surface area (Å²) in [7, 11) is 0. The molecule has 1 heterocycles. The van der Waals surface area contributed by atoms with E-state index < -0.39 is 0 Å². The fourth-order valence-corrected chi connectivity index (χ4v) is 4.13. The molecule has 1 N–H and O–H groups in total. The topological polar surface area (TPSA) is 69.0 Å². The first-order chi connectivity index (χ1) is 16.1. The van der Waals surface area contributed by atoms with Gasteiger partial charge in [0.2, 0.25) is 5.91 Å². The molecule has 1 aromatic heterocycles. The van der Waals surface area contributed by atoms with Crippen LogP contribution in [0.5, 0.6) is 5.75 Å². The minimum Gasteiger partial charge on any atom is -0.484 e. The molecule has 168 valence electrons. The first-order valence-electron chi connectivity index (χ1n) is 10.1. The van der Waals surface area contributed by atoms with Gasteiger partial charge in [0, 0.05) is 17.3 Å². The molecule has 33 heavy (non-hydrogen) atoms. The van der Waals surface area contributed by atoms with Crippen LogP contribution in [0.25, 0.3) is 5.69 Å². The predicted octanol–water partition coefficient (Wildman–Crippen LogP) is 5.56. The van der Waals surface area contributed by atoms with Crippen molar-refractivity contribution in [2.45, 2.75) is 18.3 Å². The number of nitrogens with zero attached hydrogens (tertiary/aromatic N) is 3. The number of aromatic nitrogens is 3. The van der Waals surface area contributed by atoms with Crippen LogP contribution in [-0.4, -0.2) is 26.4 Å². The Labute approximate surface area is 205 Å². The van der Waals surface area contributed by atoms with Crippen LogP contribution >= 0.6 is 35.0 Å². The highest BCUT2D eigenvalue weighted by molar-refractivity contribution is 7.99. The summed E-state index contributed by atoms with van der Waals surface area (Å²) in [5.41, 5.74) is 1.86. The van der Waals surface area contributed by atoms with E-state index in [1.54, 1.807) is 24.3 Å². The molecule has 0 aliphatic carbocycles. The zero-order chi connectivity index (χ0) is 23.0. The van der Waals surface area contributed by atoms with Crippen molar-refractivity contribution in [1.29, 1.82) is 0 Å². The summed E-state index contributed by atoms with van der Waals surface area (Å²) >= 11 is 13.4. The first-order valence-corrected chi connectivity index (χ1v) is 11.9. The molecule has 0 saturated carbocycles. The second-order valence-corrected chi connectivity index (χ2v) is 8.77. The van der Waals surface area contributed by atoms with Gasteiger partial charge in [-0.25, -0.2) is 0 Å². The number of benzene rings is 3. The molecule has 0 unspecified atom stereocenters.